The molecule has 6 heteroatoms. The van der Waals surface area contributed by atoms with E-state index in [-0.39, 0.29) is 0 Å². The highest BCUT2D eigenvalue weighted by molar-refractivity contribution is 7.71. The zero-order valence-electron chi connectivity index (χ0n) is 16.9. The Balaban J connectivity index is 1.66. The van der Waals surface area contributed by atoms with Crippen LogP contribution in [0.15, 0.2) is 84.0 Å². The van der Waals surface area contributed by atoms with Crippen molar-refractivity contribution in [2.24, 2.45) is 5.10 Å². The quantitative estimate of drug-likeness (QED) is 0.208. The molecule has 0 saturated carbocycles. The lowest BCUT2D eigenvalue weighted by Gasteiger charge is -2.08. The van der Waals surface area contributed by atoms with Crippen LogP contribution < -0.4 is 4.74 Å². The Kier molecular flexibility index (Phi) is 5.06. The average Bonchev–Trinajstić information content (AvgIpc) is 3.17. The van der Waals surface area contributed by atoms with Crippen LogP contribution in [0.2, 0.25) is 0 Å². The number of aromatic amines is 1. The van der Waals surface area contributed by atoms with Crippen molar-refractivity contribution in [3.8, 4) is 17.1 Å². The van der Waals surface area contributed by atoms with Crippen LogP contribution in [0.5, 0.6) is 5.75 Å². The van der Waals surface area contributed by atoms with Gasteiger partial charge >= 0.3 is 0 Å². The summed E-state index contributed by atoms with van der Waals surface area (Å²) in [6.45, 7) is 2.56. The Hall–Kier alpha value is -3.77. The second-order valence-corrected chi connectivity index (χ2v) is 7.49. The van der Waals surface area contributed by atoms with E-state index in [9.17, 15) is 0 Å². The van der Waals surface area contributed by atoms with Crippen molar-refractivity contribution in [2.75, 3.05) is 6.61 Å². The van der Waals surface area contributed by atoms with Crippen LogP contribution in [0.1, 0.15) is 12.5 Å². The lowest BCUT2D eigenvalue weighted by molar-refractivity contribution is 0.340. The van der Waals surface area contributed by atoms with E-state index in [2.05, 4.69) is 40.5 Å². The predicted octanol–water partition coefficient (Wildman–Crippen LogP) is 6.19. The highest BCUT2D eigenvalue weighted by Crippen LogP contribution is 2.28. The molecule has 0 bridgehead atoms. The smallest absolute Gasteiger partial charge is 0.216 e. The first kappa shape index (κ1) is 19.2. The van der Waals surface area contributed by atoms with Gasteiger partial charge in [0.25, 0.3) is 0 Å². The Bertz CT molecular complexity index is 1430. The van der Waals surface area contributed by atoms with E-state index in [4.69, 9.17) is 22.1 Å². The minimum atomic E-state index is 0.428. The number of fused-ring (bicyclic) bond motifs is 2. The van der Waals surface area contributed by atoms with Crippen molar-refractivity contribution in [2.45, 2.75) is 6.92 Å². The molecule has 5 rings (SSSR count). The molecule has 0 unspecified atom stereocenters. The highest BCUT2D eigenvalue weighted by Gasteiger charge is 2.10. The van der Waals surface area contributed by atoms with Gasteiger partial charge in [-0.3, -0.25) is 0 Å². The van der Waals surface area contributed by atoms with Crippen LogP contribution in [0.25, 0.3) is 32.9 Å². The highest BCUT2D eigenvalue weighted by atomic mass is 32.1. The van der Waals surface area contributed by atoms with E-state index < -0.39 is 0 Å². The SMILES string of the molecule is CCOc1cccc(-c2n[nH]c(=S)n2/N=C/c2c3ccccc3cc3ccccc23)c1. The minimum Gasteiger partial charge on any atom is -0.494 e. The van der Waals surface area contributed by atoms with E-state index in [0.29, 0.717) is 17.2 Å². The van der Waals surface area contributed by atoms with Crippen LogP contribution in [0.3, 0.4) is 0 Å². The van der Waals surface area contributed by atoms with E-state index in [1.54, 1.807) is 4.68 Å². The van der Waals surface area contributed by atoms with Gasteiger partial charge in [0.1, 0.15) is 5.75 Å². The normalized spacial score (nSPS) is 11.5. The predicted molar refractivity (Wildman–Crippen MR) is 128 cm³/mol. The van der Waals surface area contributed by atoms with Crippen molar-refractivity contribution < 1.29 is 4.74 Å². The van der Waals surface area contributed by atoms with Crippen molar-refractivity contribution >= 4 is 40.0 Å². The minimum absolute atomic E-state index is 0.428. The first-order chi connectivity index (χ1) is 15.2. The fourth-order valence-electron chi connectivity index (χ4n) is 3.78. The van der Waals surface area contributed by atoms with Gasteiger partial charge in [-0.25, -0.2) is 5.10 Å². The molecule has 0 aliphatic heterocycles. The maximum atomic E-state index is 5.63. The third-order valence-electron chi connectivity index (χ3n) is 5.17. The molecule has 0 aliphatic carbocycles. The molecule has 5 nitrogen and oxygen atoms in total. The molecule has 0 radical (unpaired) electrons. The molecule has 31 heavy (non-hydrogen) atoms. The molecule has 0 amide bonds. The van der Waals surface area contributed by atoms with Crippen LogP contribution >= 0.6 is 12.2 Å². The van der Waals surface area contributed by atoms with Gasteiger partial charge in [0.05, 0.1) is 12.8 Å². The molecule has 4 aromatic carbocycles. The lowest BCUT2D eigenvalue weighted by atomic mass is 9.97. The van der Waals surface area contributed by atoms with Crippen LogP contribution in [-0.2, 0) is 0 Å². The summed E-state index contributed by atoms with van der Waals surface area (Å²) in [5.74, 6) is 1.41. The number of ether oxygens (including phenoxy) is 1. The number of benzene rings is 4. The summed E-state index contributed by atoms with van der Waals surface area (Å²) in [5.41, 5.74) is 1.92. The Morgan fingerprint density at radius 3 is 2.39 bits per heavy atom. The molecule has 1 aromatic heterocycles. The number of nitrogens with one attached hydrogen (secondary N) is 1. The van der Waals surface area contributed by atoms with Gasteiger partial charge in [-0.05, 0) is 58.9 Å². The fraction of sp³-hybridized carbons (Fsp3) is 0.0800. The molecule has 5 aromatic rings. The van der Waals surface area contributed by atoms with E-state index >= 15 is 0 Å². The lowest BCUT2D eigenvalue weighted by Crippen LogP contribution is -1.97. The van der Waals surface area contributed by atoms with Crippen molar-refractivity contribution in [1.29, 1.82) is 0 Å². The number of H-pyrrole nitrogens is 1. The maximum absolute atomic E-state index is 5.63. The molecule has 0 aliphatic rings. The van der Waals surface area contributed by atoms with E-state index in [1.165, 1.54) is 10.8 Å². The maximum Gasteiger partial charge on any atom is 0.216 e. The van der Waals surface area contributed by atoms with Gasteiger partial charge in [0, 0.05) is 11.1 Å². The van der Waals surface area contributed by atoms with Gasteiger partial charge in [-0.15, -0.1) is 0 Å². The molecular weight excluding hydrogens is 404 g/mol. The number of hydrogen-bond acceptors (Lipinski definition) is 4. The molecule has 1 heterocycles. The van der Waals surface area contributed by atoms with Gasteiger partial charge in [-0.1, -0.05) is 60.7 Å². The average molecular weight is 425 g/mol. The second kappa shape index (κ2) is 8.16. The summed E-state index contributed by atoms with van der Waals surface area (Å²) in [6, 6.07) is 26.6. The van der Waals surface area contributed by atoms with Crippen LogP contribution in [-0.4, -0.2) is 27.7 Å². The summed E-state index contributed by atoms with van der Waals surface area (Å²) in [6.07, 6.45) is 1.87. The number of nitrogens with zero attached hydrogens (tertiary/aromatic N) is 3. The molecule has 0 atom stereocenters. The second-order valence-electron chi connectivity index (χ2n) is 7.10. The van der Waals surface area contributed by atoms with E-state index in [1.807, 2.05) is 61.7 Å². The van der Waals surface area contributed by atoms with Gasteiger partial charge in [-0.2, -0.15) is 14.9 Å². The first-order valence-corrected chi connectivity index (χ1v) is 10.5. The molecule has 0 fully saturated rings. The number of hydrogen-bond donors (Lipinski definition) is 1. The summed E-state index contributed by atoms with van der Waals surface area (Å²) >= 11 is 5.46. The molecule has 1 N–H and O–H groups in total. The van der Waals surface area contributed by atoms with Crippen molar-refractivity contribution in [1.82, 2.24) is 14.9 Å². The van der Waals surface area contributed by atoms with Crippen molar-refractivity contribution in [3.05, 3.63) is 89.2 Å². The zero-order valence-corrected chi connectivity index (χ0v) is 17.8. The fourth-order valence-corrected chi connectivity index (χ4v) is 3.96. The van der Waals surface area contributed by atoms with Gasteiger partial charge in [0.2, 0.25) is 4.77 Å². The van der Waals surface area contributed by atoms with E-state index in [0.717, 1.165) is 27.6 Å². The largest absolute Gasteiger partial charge is 0.494 e. The van der Waals surface area contributed by atoms with Gasteiger partial charge < -0.3 is 4.74 Å². The Morgan fingerprint density at radius 2 is 1.68 bits per heavy atom. The Labute approximate surface area is 184 Å². The molecule has 0 saturated heterocycles. The molecule has 152 valence electrons. The summed E-state index contributed by atoms with van der Waals surface area (Å²) < 4.78 is 7.71. The first-order valence-electron chi connectivity index (χ1n) is 10.1. The molecule has 0 spiro atoms. The number of aromatic nitrogens is 3. The summed E-state index contributed by atoms with van der Waals surface area (Å²) in [4.78, 5) is 0. The standard InChI is InChI=1S/C25H20N4OS/c1-2-30-20-11-7-10-19(15-20)24-27-28-25(31)29(24)26-16-23-21-12-5-3-8-17(21)14-18-9-4-6-13-22(18)23/h3-16H,2H2,1H3,(H,28,31)/b26-16+. The van der Waals surface area contributed by atoms with Gasteiger partial charge in [0.15, 0.2) is 5.82 Å². The van der Waals surface area contributed by atoms with Crippen LogP contribution in [0, 0.1) is 4.77 Å². The number of rotatable bonds is 5. The third-order valence-corrected chi connectivity index (χ3v) is 5.43. The third kappa shape index (κ3) is 3.62. The zero-order chi connectivity index (χ0) is 21.2. The topological polar surface area (TPSA) is 55.2 Å². The monoisotopic (exact) mass is 424 g/mol. The van der Waals surface area contributed by atoms with Crippen molar-refractivity contribution in [3.63, 3.8) is 0 Å². The summed E-state index contributed by atoms with van der Waals surface area (Å²) in [5, 5.41) is 16.6. The van der Waals surface area contributed by atoms with Crippen LogP contribution in [0.4, 0.5) is 0 Å². The summed E-state index contributed by atoms with van der Waals surface area (Å²) in [7, 11) is 0. The molecular formula is C25H20N4OS. The Morgan fingerprint density at radius 1 is 0.968 bits per heavy atom.